The molecule has 9 heteroatoms. The number of H-pyrrole nitrogens is 1. The minimum atomic E-state index is -4.86. The lowest BCUT2D eigenvalue weighted by atomic mass is 9.95. The standard InChI is InChI=1S/C23H16ClF3N2O3/c24-10-13-11-29(17-9-18(30)14-5-1-2-6-15(14)20(13)17)22(31)16-8-12-4-3-7-19(21(12)28-16)32-23(25,26)27/h1-9,13,28,30H,10-11H2. The van der Waals surface area contributed by atoms with Crippen LogP contribution in [0.5, 0.6) is 11.5 Å². The average molecular weight is 461 g/mol. The van der Waals surface area contributed by atoms with Crippen LogP contribution in [0, 0.1) is 0 Å². The predicted octanol–water partition coefficient (Wildman–Crippen LogP) is 5.91. The first kappa shape index (κ1) is 20.5. The molecule has 2 N–H and O–H groups in total. The number of para-hydroxylation sites is 1. The molecule has 0 saturated carbocycles. The highest BCUT2D eigenvalue weighted by Gasteiger charge is 2.36. The largest absolute Gasteiger partial charge is 0.573 e. The van der Waals surface area contributed by atoms with Crippen LogP contribution in [-0.4, -0.2) is 34.8 Å². The van der Waals surface area contributed by atoms with Crippen molar-refractivity contribution >= 4 is 44.9 Å². The minimum Gasteiger partial charge on any atom is -0.507 e. The highest BCUT2D eigenvalue weighted by atomic mass is 35.5. The van der Waals surface area contributed by atoms with E-state index in [0.29, 0.717) is 16.5 Å². The SMILES string of the molecule is O=C(c1cc2cccc(OC(F)(F)F)c2[nH]1)N1CC(CCl)c2c1cc(O)c1ccccc21. The van der Waals surface area contributed by atoms with E-state index in [-0.39, 0.29) is 35.3 Å². The Balaban J connectivity index is 1.59. The number of nitrogens with one attached hydrogen (secondary N) is 1. The highest BCUT2D eigenvalue weighted by Crippen LogP contribution is 2.45. The number of phenols is 1. The molecule has 32 heavy (non-hydrogen) atoms. The number of amides is 1. The smallest absolute Gasteiger partial charge is 0.507 e. The third-order valence-corrected chi connectivity index (χ3v) is 6.02. The number of alkyl halides is 4. The van der Waals surface area contributed by atoms with Gasteiger partial charge in [0.05, 0.1) is 11.2 Å². The number of aromatic nitrogens is 1. The molecule has 1 amide bonds. The second-order valence-electron chi connectivity index (χ2n) is 7.59. The van der Waals surface area contributed by atoms with Crippen molar-refractivity contribution in [3.8, 4) is 11.5 Å². The van der Waals surface area contributed by atoms with Crippen LogP contribution in [0.4, 0.5) is 18.9 Å². The van der Waals surface area contributed by atoms with Crippen LogP contribution in [0.25, 0.3) is 21.7 Å². The molecule has 1 aliphatic heterocycles. The Hall–Kier alpha value is -3.39. The molecule has 0 radical (unpaired) electrons. The van der Waals surface area contributed by atoms with Crippen molar-refractivity contribution in [3.63, 3.8) is 0 Å². The van der Waals surface area contributed by atoms with Crippen molar-refractivity contribution in [2.75, 3.05) is 17.3 Å². The van der Waals surface area contributed by atoms with Gasteiger partial charge in [-0.25, -0.2) is 0 Å². The first-order valence-electron chi connectivity index (χ1n) is 9.76. The van der Waals surface area contributed by atoms with E-state index in [0.717, 1.165) is 10.9 Å². The second kappa shape index (κ2) is 7.34. The number of aromatic hydroxyl groups is 1. The zero-order valence-electron chi connectivity index (χ0n) is 16.4. The average Bonchev–Trinajstić information content (AvgIpc) is 3.35. The summed E-state index contributed by atoms with van der Waals surface area (Å²) in [4.78, 5) is 17.6. The fraction of sp³-hybridized carbons (Fsp3) is 0.174. The summed E-state index contributed by atoms with van der Waals surface area (Å²) in [6.45, 7) is 0.284. The van der Waals surface area contributed by atoms with E-state index in [1.165, 1.54) is 29.2 Å². The minimum absolute atomic E-state index is 0.0323. The summed E-state index contributed by atoms with van der Waals surface area (Å²) in [7, 11) is 0. The fourth-order valence-corrected chi connectivity index (χ4v) is 4.60. The zero-order chi connectivity index (χ0) is 22.6. The van der Waals surface area contributed by atoms with Gasteiger partial charge in [-0.05, 0) is 23.1 Å². The molecule has 0 spiro atoms. The molecule has 1 aromatic heterocycles. The molecule has 0 aliphatic carbocycles. The number of nitrogens with zero attached hydrogens (tertiary/aromatic N) is 1. The number of carbonyl (C=O) groups excluding carboxylic acids is 1. The van der Waals surface area contributed by atoms with Crippen LogP contribution in [0.15, 0.2) is 54.6 Å². The summed E-state index contributed by atoms with van der Waals surface area (Å²) < 4.78 is 42.3. The van der Waals surface area contributed by atoms with E-state index in [2.05, 4.69) is 9.72 Å². The van der Waals surface area contributed by atoms with Crippen LogP contribution >= 0.6 is 11.6 Å². The third-order valence-electron chi connectivity index (χ3n) is 5.65. The molecule has 1 unspecified atom stereocenters. The molecule has 1 aliphatic rings. The molecular formula is C23H16ClF3N2O3. The lowest BCUT2D eigenvalue weighted by Gasteiger charge is -2.17. The van der Waals surface area contributed by atoms with Gasteiger partial charge in [-0.1, -0.05) is 36.4 Å². The van der Waals surface area contributed by atoms with Gasteiger partial charge >= 0.3 is 6.36 Å². The van der Waals surface area contributed by atoms with Gasteiger partial charge in [0.25, 0.3) is 5.91 Å². The molecule has 3 aromatic carbocycles. The molecule has 0 bridgehead atoms. The predicted molar refractivity (Wildman–Crippen MR) is 116 cm³/mol. The van der Waals surface area contributed by atoms with E-state index in [1.54, 1.807) is 12.1 Å². The number of aromatic amines is 1. The van der Waals surface area contributed by atoms with Gasteiger partial charge in [0, 0.05) is 35.2 Å². The number of rotatable bonds is 3. The van der Waals surface area contributed by atoms with Gasteiger partial charge in [-0.3, -0.25) is 4.79 Å². The number of phenolic OH excluding ortho intramolecular Hbond substituents is 1. The first-order valence-corrected chi connectivity index (χ1v) is 10.3. The van der Waals surface area contributed by atoms with E-state index >= 15 is 0 Å². The summed E-state index contributed by atoms with van der Waals surface area (Å²) in [5.41, 5.74) is 1.57. The van der Waals surface area contributed by atoms with Gasteiger partial charge < -0.3 is 19.7 Å². The van der Waals surface area contributed by atoms with E-state index in [9.17, 15) is 23.1 Å². The molecule has 0 saturated heterocycles. The second-order valence-corrected chi connectivity index (χ2v) is 7.90. The van der Waals surface area contributed by atoms with Crippen molar-refractivity contribution in [2.24, 2.45) is 0 Å². The van der Waals surface area contributed by atoms with Crippen LogP contribution in [0.1, 0.15) is 22.0 Å². The van der Waals surface area contributed by atoms with Gasteiger partial charge in [0.2, 0.25) is 0 Å². The van der Waals surface area contributed by atoms with Crippen molar-refractivity contribution in [1.29, 1.82) is 0 Å². The summed E-state index contributed by atoms with van der Waals surface area (Å²) >= 11 is 6.21. The van der Waals surface area contributed by atoms with Crippen molar-refractivity contribution in [3.05, 3.63) is 65.9 Å². The van der Waals surface area contributed by atoms with Crippen LogP contribution in [0.2, 0.25) is 0 Å². The molecule has 2 heterocycles. The maximum atomic E-state index is 13.4. The lowest BCUT2D eigenvalue weighted by molar-refractivity contribution is -0.274. The van der Waals surface area contributed by atoms with Crippen LogP contribution in [0.3, 0.4) is 0 Å². The van der Waals surface area contributed by atoms with E-state index in [4.69, 9.17) is 11.6 Å². The van der Waals surface area contributed by atoms with Crippen molar-refractivity contribution in [2.45, 2.75) is 12.3 Å². The molecule has 4 aromatic rings. The quantitative estimate of drug-likeness (QED) is 0.374. The van der Waals surface area contributed by atoms with Crippen molar-refractivity contribution in [1.82, 2.24) is 4.98 Å². The molecule has 5 rings (SSSR count). The Kier molecular flexibility index (Phi) is 4.70. The van der Waals surface area contributed by atoms with E-state index in [1.807, 2.05) is 18.2 Å². The number of carbonyl (C=O) groups is 1. The number of benzene rings is 3. The third kappa shape index (κ3) is 3.31. The maximum Gasteiger partial charge on any atom is 0.573 e. The molecule has 5 nitrogen and oxygen atoms in total. The number of anilines is 1. The Bertz CT molecular complexity index is 1370. The first-order chi connectivity index (χ1) is 15.3. The molecule has 1 atom stereocenters. The number of halogens is 4. The molecule has 164 valence electrons. The molecular weight excluding hydrogens is 445 g/mol. The lowest BCUT2D eigenvalue weighted by Crippen LogP contribution is -2.30. The summed E-state index contributed by atoms with van der Waals surface area (Å²) in [6, 6.07) is 14.5. The van der Waals surface area contributed by atoms with Gasteiger partial charge in [-0.15, -0.1) is 24.8 Å². The Morgan fingerprint density at radius 3 is 2.62 bits per heavy atom. The summed E-state index contributed by atoms with van der Waals surface area (Å²) in [5, 5.41) is 12.4. The Morgan fingerprint density at radius 1 is 1.16 bits per heavy atom. The Morgan fingerprint density at radius 2 is 1.91 bits per heavy atom. The topological polar surface area (TPSA) is 65.6 Å². The summed E-state index contributed by atoms with van der Waals surface area (Å²) in [5.74, 6) is -0.720. The number of ether oxygens (including phenoxy) is 1. The van der Waals surface area contributed by atoms with Crippen LogP contribution in [-0.2, 0) is 0 Å². The van der Waals surface area contributed by atoms with E-state index < -0.39 is 18.0 Å². The molecule has 0 fully saturated rings. The monoisotopic (exact) mass is 460 g/mol. The normalized spacial score (nSPS) is 16.0. The van der Waals surface area contributed by atoms with Gasteiger partial charge in [0.1, 0.15) is 11.4 Å². The number of fused-ring (bicyclic) bond motifs is 4. The van der Waals surface area contributed by atoms with Crippen LogP contribution < -0.4 is 9.64 Å². The van der Waals surface area contributed by atoms with Gasteiger partial charge in [0.15, 0.2) is 5.75 Å². The number of hydrogen-bond donors (Lipinski definition) is 2. The summed E-state index contributed by atoms with van der Waals surface area (Å²) in [6.07, 6.45) is -4.86. The number of hydrogen-bond acceptors (Lipinski definition) is 3. The van der Waals surface area contributed by atoms with Crippen molar-refractivity contribution < 1.29 is 27.8 Å². The maximum absolute atomic E-state index is 13.4. The fourth-order valence-electron chi connectivity index (χ4n) is 4.34. The van der Waals surface area contributed by atoms with Gasteiger partial charge in [-0.2, -0.15) is 0 Å². The Labute approximate surface area is 185 Å². The zero-order valence-corrected chi connectivity index (χ0v) is 17.2. The highest BCUT2D eigenvalue weighted by molar-refractivity contribution is 6.19.